The molecule has 0 unspecified atom stereocenters. The molecule has 166 valence electrons. The highest BCUT2D eigenvalue weighted by atomic mass is 127. The quantitative estimate of drug-likeness (QED) is 0.199. The van der Waals surface area contributed by atoms with Gasteiger partial charge in [0, 0.05) is 60.2 Å². The predicted octanol–water partition coefficient (Wildman–Crippen LogP) is 3.68. The van der Waals surface area contributed by atoms with Crippen molar-refractivity contribution in [2.45, 2.75) is 64.4 Å². The summed E-state index contributed by atoms with van der Waals surface area (Å²) in [6.07, 6.45) is 9.96. The van der Waals surface area contributed by atoms with Gasteiger partial charge in [-0.05, 0) is 50.9 Å². The van der Waals surface area contributed by atoms with Gasteiger partial charge in [0.1, 0.15) is 0 Å². The van der Waals surface area contributed by atoms with E-state index in [9.17, 15) is 0 Å². The number of hydrogen-bond acceptors (Lipinski definition) is 4. The van der Waals surface area contributed by atoms with Gasteiger partial charge in [-0.3, -0.25) is 4.99 Å². The van der Waals surface area contributed by atoms with Crippen LogP contribution in [-0.2, 0) is 14.2 Å². The van der Waals surface area contributed by atoms with Crippen LogP contribution in [-0.4, -0.2) is 77.2 Å². The van der Waals surface area contributed by atoms with Crippen LogP contribution in [0.15, 0.2) is 4.99 Å². The third-order valence-electron chi connectivity index (χ3n) is 6.07. The highest BCUT2D eigenvalue weighted by Gasteiger charge is 2.34. The van der Waals surface area contributed by atoms with Crippen LogP contribution in [0.5, 0.6) is 0 Å². The number of likely N-dealkylation sites (tertiary alicyclic amines) is 1. The van der Waals surface area contributed by atoms with Gasteiger partial charge in [0.15, 0.2) is 5.96 Å². The first-order valence-electron chi connectivity index (χ1n) is 10.9. The third-order valence-corrected chi connectivity index (χ3v) is 6.07. The molecule has 0 atom stereocenters. The lowest BCUT2D eigenvalue weighted by atomic mass is 9.83. The molecule has 1 heterocycles. The summed E-state index contributed by atoms with van der Waals surface area (Å²) in [5.41, 5.74) is 0.383. The van der Waals surface area contributed by atoms with Crippen LogP contribution < -0.4 is 5.32 Å². The van der Waals surface area contributed by atoms with Crippen molar-refractivity contribution in [1.29, 1.82) is 0 Å². The molecular weight excluding hydrogens is 469 g/mol. The van der Waals surface area contributed by atoms with Crippen molar-refractivity contribution in [2.24, 2.45) is 10.4 Å². The zero-order valence-corrected chi connectivity index (χ0v) is 20.5. The molecule has 0 amide bonds. The Morgan fingerprint density at radius 2 is 1.86 bits per heavy atom. The van der Waals surface area contributed by atoms with Gasteiger partial charge in [-0.2, -0.15) is 0 Å². The van der Waals surface area contributed by atoms with Gasteiger partial charge in [0.2, 0.25) is 0 Å². The van der Waals surface area contributed by atoms with Crippen LogP contribution in [0, 0.1) is 5.41 Å². The van der Waals surface area contributed by atoms with Crippen LogP contribution in [0.4, 0.5) is 0 Å². The molecular formula is C21H42IN3O3. The molecule has 0 aromatic carbocycles. The van der Waals surface area contributed by atoms with Crippen LogP contribution in [0.1, 0.15) is 58.3 Å². The van der Waals surface area contributed by atoms with Gasteiger partial charge in [-0.15, -0.1) is 24.0 Å². The number of nitrogens with one attached hydrogen (secondary N) is 1. The second-order valence-electron chi connectivity index (χ2n) is 7.96. The van der Waals surface area contributed by atoms with Crippen LogP contribution in [0.3, 0.4) is 0 Å². The number of aliphatic imine (C=N–C) groups is 1. The van der Waals surface area contributed by atoms with Gasteiger partial charge >= 0.3 is 0 Å². The van der Waals surface area contributed by atoms with Gasteiger partial charge < -0.3 is 24.4 Å². The zero-order valence-electron chi connectivity index (χ0n) is 18.2. The minimum absolute atomic E-state index is 0. The minimum atomic E-state index is 0. The average molecular weight is 511 g/mol. The summed E-state index contributed by atoms with van der Waals surface area (Å²) >= 11 is 0. The Bertz CT molecular complexity index is 423. The Morgan fingerprint density at radius 1 is 1.14 bits per heavy atom. The van der Waals surface area contributed by atoms with Gasteiger partial charge in [-0.1, -0.05) is 12.8 Å². The second kappa shape index (κ2) is 14.8. The summed E-state index contributed by atoms with van der Waals surface area (Å²) in [5, 5.41) is 3.69. The fraction of sp³-hybridized carbons (Fsp3) is 0.952. The topological polar surface area (TPSA) is 55.3 Å². The fourth-order valence-electron chi connectivity index (χ4n) is 4.36. The van der Waals surface area contributed by atoms with Crippen molar-refractivity contribution in [3.05, 3.63) is 0 Å². The standard InChI is InChI=1S/C21H41N3O3.HI/c1-4-26-17-12-21(10-5-6-11-21)18-23-20(22-2)24-13-8-19(9-14-24)27-16-7-15-25-3;/h19H,4-18H2,1-3H3,(H,22,23);1H. The number of hydrogen-bond donors (Lipinski definition) is 1. The van der Waals surface area contributed by atoms with Crippen LogP contribution in [0.25, 0.3) is 0 Å². The summed E-state index contributed by atoms with van der Waals surface area (Å²) in [4.78, 5) is 6.94. The number of halogens is 1. The Morgan fingerprint density at radius 3 is 2.46 bits per heavy atom. The first kappa shape index (κ1) is 25.9. The molecule has 1 saturated carbocycles. The largest absolute Gasteiger partial charge is 0.385 e. The van der Waals surface area contributed by atoms with Gasteiger partial charge in [-0.25, -0.2) is 0 Å². The van der Waals surface area contributed by atoms with E-state index in [-0.39, 0.29) is 24.0 Å². The highest BCUT2D eigenvalue weighted by molar-refractivity contribution is 14.0. The van der Waals surface area contributed by atoms with Crippen molar-refractivity contribution in [3.8, 4) is 0 Å². The number of guanidine groups is 1. The van der Waals surface area contributed by atoms with E-state index in [1.54, 1.807) is 7.11 Å². The van der Waals surface area contributed by atoms with Crippen molar-refractivity contribution >= 4 is 29.9 Å². The fourth-order valence-corrected chi connectivity index (χ4v) is 4.36. The van der Waals surface area contributed by atoms with Crippen molar-refractivity contribution < 1.29 is 14.2 Å². The maximum atomic E-state index is 5.98. The number of ether oxygens (including phenoxy) is 3. The normalized spacial score (nSPS) is 20.2. The van der Waals surface area contributed by atoms with Gasteiger partial charge in [0.05, 0.1) is 6.10 Å². The molecule has 0 aromatic heterocycles. The molecule has 0 aromatic rings. The lowest BCUT2D eigenvalue weighted by Gasteiger charge is -2.36. The molecule has 2 rings (SSSR count). The Kier molecular flexibility index (Phi) is 13.7. The average Bonchev–Trinajstić information content (AvgIpc) is 3.16. The summed E-state index contributed by atoms with van der Waals surface area (Å²) in [7, 11) is 3.64. The molecule has 6 nitrogen and oxygen atoms in total. The minimum Gasteiger partial charge on any atom is -0.385 e. The van der Waals surface area contributed by atoms with E-state index in [1.165, 1.54) is 25.7 Å². The molecule has 28 heavy (non-hydrogen) atoms. The first-order valence-corrected chi connectivity index (χ1v) is 10.9. The summed E-state index contributed by atoms with van der Waals surface area (Å²) in [6, 6.07) is 0. The Balaban J connectivity index is 0.00000392. The molecule has 2 fully saturated rings. The highest BCUT2D eigenvalue weighted by Crippen LogP contribution is 2.40. The Labute approximate surface area is 189 Å². The van der Waals surface area contributed by atoms with E-state index in [4.69, 9.17) is 14.2 Å². The van der Waals surface area contributed by atoms with Gasteiger partial charge in [0.25, 0.3) is 0 Å². The molecule has 2 aliphatic rings. The van der Waals surface area contributed by atoms with E-state index in [0.29, 0.717) is 11.5 Å². The predicted molar refractivity (Wildman–Crippen MR) is 126 cm³/mol. The summed E-state index contributed by atoms with van der Waals surface area (Å²) in [6.45, 7) is 8.39. The zero-order chi connectivity index (χ0) is 19.4. The SMILES string of the molecule is CCOCCC1(CNC(=NC)N2CCC(OCCCOC)CC2)CCCC1.I. The van der Waals surface area contributed by atoms with E-state index < -0.39 is 0 Å². The second-order valence-corrected chi connectivity index (χ2v) is 7.96. The van der Waals surface area contributed by atoms with E-state index >= 15 is 0 Å². The molecule has 0 bridgehead atoms. The van der Waals surface area contributed by atoms with E-state index in [2.05, 4.69) is 22.1 Å². The number of piperidine rings is 1. The number of rotatable bonds is 11. The summed E-state index contributed by atoms with van der Waals surface area (Å²) in [5.74, 6) is 1.05. The lowest BCUT2D eigenvalue weighted by molar-refractivity contribution is 0.00977. The van der Waals surface area contributed by atoms with Crippen molar-refractivity contribution in [2.75, 3.05) is 60.2 Å². The maximum Gasteiger partial charge on any atom is 0.193 e. The molecule has 1 N–H and O–H groups in total. The van der Waals surface area contributed by atoms with E-state index in [1.807, 2.05) is 7.05 Å². The molecule has 0 spiro atoms. The molecule has 1 aliphatic carbocycles. The molecule has 1 saturated heterocycles. The van der Waals surface area contributed by atoms with Crippen molar-refractivity contribution in [3.63, 3.8) is 0 Å². The maximum absolute atomic E-state index is 5.98. The molecule has 0 radical (unpaired) electrons. The number of methoxy groups -OCH3 is 1. The third kappa shape index (κ3) is 8.71. The summed E-state index contributed by atoms with van der Waals surface area (Å²) < 4.78 is 16.7. The molecule has 7 heteroatoms. The first-order chi connectivity index (χ1) is 13.2. The van der Waals surface area contributed by atoms with Crippen LogP contribution >= 0.6 is 24.0 Å². The molecule has 1 aliphatic heterocycles. The Hall–Kier alpha value is -0.120. The van der Waals surface area contributed by atoms with Crippen molar-refractivity contribution in [1.82, 2.24) is 10.2 Å². The van der Waals surface area contributed by atoms with E-state index in [0.717, 1.165) is 77.7 Å². The monoisotopic (exact) mass is 511 g/mol. The lowest BCUT2D eigenvalue weighted by Crippen LogP contribution is -2.49. The smallest absolute Gasteiger partial charge is 0.193 e. The number of nitrogens with zero attached hydrogens (tertiary/aromatic N) is 2. The van der Waals surface area contributed by atoms with Crippen LogP contribution in [0.2, 0.25) is 0 Å².